The van der Waals surface area contributed by atoms with Gasteiger partial charge < -0.3 is 10.6 Å². The van der Waals surface area contributed by atoms with Crippen molar-refractivity contribution in [2.75, 3.05) is 0 Å². The molecule has 0 aromatic heterocycles. The standard InChI is InChI=1S/C18H28N2O/c1-5-13-9-11-14(12-10-13)17-15(19)7-6-8-16(21)20(17)18(2,3)4/h9-12,15,17H,5-8,19H2,1-4H3. The molecule has 0 spiro atoms. The van der Waals surface area contributed by atoms with E-state index >= 15 is 0 Å². The molecule has 3 nitrogen and oxygen atoms in total. The van der Waals surface area contributed by atoms with Gasteiger partial charge in [0.25, 0.3) is 0 Å². The summed E-state index contributed by atoms with van der Waals surface area (Å²) in [4.78, 5) is 14.6. The molecule has 1 aromatic rings. The van der Waals surface area contributed by atoms with E-state index in [2.05, 4.69) is 52.0 Å². The second-order valence-corrected chi connectivity index (χ2v) is 7.03. The Morgan fingerprint density at radius 3 is 2.38 bits per heavy atom. The molecule has 0 aliphatic carbocycles. The van der Waals surface area contributed by atoms with Crippen molar-refractivity contribution in [2.24, 2.45) is 5.73 Å². The fourth-order valence-electron chi connectivity index (χ4n) is 3.25. The van der Waals surface area contributed by atoms with Crippen LogP contribution in [0.15, 0.2) is 24.3 Å². The third-order valence-electron chi connectivity index (χ3n) is 4.33. The molecule has 116 valence electrons. The molecule has 0 saturated carbocycles. The van der Waals surface area contributed by atoms with E-state index in [0.717, 1.165) is 24.8 Å². The Hall–Kier alpha value is -1.35. The highest BCUT2D eigenvalue weighted by atomic mass is 16.2. The van der Waals surface area contributed by atoms with Gasteiger partial charge in [-0.25, -0.2) is 0 Å². The second-order valence-electron chi connectivity index (χ2n) is 7.03. The zero-order chi connectivity index (χ0) is 15.6. The Labute approximate surface area is 128 Å². The summed E-state index contributed by atoms with van der Waals surface area (Å²) in [5.74, 6) is 0.222. The van der Waals surface area contributed by atoms with Gasteiger partial charge in [-0.1, -0.05) is 31.2 Å². The van der Waals surface area contributed by atoms with Gasteiger partial charge in [-0.05, 0) is 51.2 Å². The first-order valence-corrected chi connectivity index (χ1v) is 8.01. The van der Waals surface area contributed by atoms with Crippen molar-refractivity contribution >= 4 is 5.91 Å². The first-order valence-electron chi connectivity index (χ1n) is 8.01. The fraction of sp³-hybridized carbons (Fsp3) is 0.611. The molecule has 0 radical (unpaired) electrons. The minimum atomic E-state index is -0.215. The highest BCUT2D eigenvalue weighted by Crippen LogP contribution is 2.35. The number of nitrogens with zero attached hydrogens (tertiary/aromatic N) is 1. The molecule has 1 amide bonds. The highest BCUT2D eigenvalue weighted by Gasteiger charge is 2.38. The molecule has 1 aromatic carbocycles. The Kier molecular flexibility index (Phi) is 4.72. The van der Waals surface area contributed by atoms with Crippen LogP contribution in [0.5, 0.6) is 0 Å². The van der Waals surface area contributed by atoms with E-state index in [4.69, 9.17) is 5.73 Å². The lowest BCUT2D eigenvalue weighted by molar-refractivity contribution is -0.139. The lowest BCUT2D eigenvalue weighted by Gasteiger charge is -2.43. The number of aryl methyl sites for hydroxylation is 1. The minimum absolute atomic E-state index is 0.00292. The summed E-state index contributed by atoms with van der Waals surface area (Å²) in [6, 6.07) is 8.56. The average molecular weight is 288 g/mol. The predicted octanol–water partition coefficient (Wildman–Crippen LogP) is 3.43. The zero-order valence-corrected chi connectivity index (χ0v) is 13.7. The maximum Gasteiger partial charge on any atom is 0.223 e. The van der Waals surface area contributed by atoms with Crippen LogP contribution < -0.4 is 5.73 Å². The second kappa shape index (κ2) is 6.18. The lowest BCUT2D eigenvalue weighted by atomic mass is 9.91. The van der Waals surface area contributed by atoms with Crippen molar-refractivity contribution in [2.45, 2.75) is 71.0 Å². The van der Waals surface area contributed by atoms with Gasteiger partial charge in [-0.15, -0.1) is 0 Å². The van der Waals surface area contributed by atoms with E-state index in [0.29, 0.717) is 6.42 Å². The third kappa shape index (κ3) is 3.46. The van der Waals surface area contributed by atoms with Gasteiger partial charge in [-0.2, -0.15) is 0 Å². The van der Waals surface area contributed by atoms with Crippen molar-refractivity contribution in [1.29, 1.82) is 0 Å². The van der Waals surface area contributed by atoms with Crippen LogP contribution in [0, 0.1) is 0 Å². The SMILES string of the molecule is CCc1ccc(C2C(N)CCCC(=O)N2C(C)(C)C)cc1. The molecular weight excluding hydrogens is 260 g/mol. The lowest BCUT2D eigenvalue weighted by Crippen LogP contribution is -2.51. The minimum Gasteiger partial charge on any atom is -0.329 e. The van der Waals surface area contributed by atoms with E-state index in [-0.39, 0.29) is 23.5 Å². The van der Waals surface area contributed by atoms with E-state index in [1.54, 1.807) is 0 Å². The van der Waals surface area contributed by atoms with Crippen LogP contribution in [0.25, 0.3) is 0 Å². The van der Waals surface area contributed by atoms with E-state index < -0.39 is 0 Å². The number of carbonyl (C=O) groups is 1. The number of amides is 1. The Bertz CT molecular complexity index is 487. The Morgan fingerprint density at radius 2 is 1.86 bits per heavy atom. The van der Waals surface area contributed by atoms with Crippen LogP contribution in [0.2, 0.25) is 0 Å². The van der Waals surface area contributed by atoms with Gasteiger partial charge >= 0.3 is 0 Å². The van der Waals surface area contributed by atoms with Crippen molar-refractivity contribution < 1.29 is 4.79 Å². The number of benzene rings is 1. The van der Waals surface area contributed by atoms with Crippen LogP contribution in [-0.4, -0.2) is 22.4 Å². The molecule has 2 unspecified atom stereocenters. The molecule has 1 saturated heterocycles. The van der Waals surface area contributed by atoms with Crippen LogP contribution in [0.4, 0.5) is 0 Å². The normalized spacial score (nSPS) is 24.0. The van der Waals surface area contributed by atoms with Gasteiger partial charge in [0.05, 0.1) is 6.04 Å². The molecule has 1 aliphatic rings. The van der Waals surface area contributed by atoms with E-state index in [1.807, 2.05) is 4.90 Å². The monoisotopic (exact) mass is 288 g/mol. The molecule has 1 aliphatic heterocycles. The van der Waals surface area contributed by atoms with Crippen molar-refractivity contribution in [1.82, 2.24) is 4.90 Å². The smallest absolute Gasteiger partial charge is 0.223 e. The summed E-state index contributed by atoms with van der Waals surface area (Å²) >= 11 is 0. The molecule has 0 bridgehead atoms. The van der Waals surface area contributed by atoms with Gasteiger partial charge in [0.15, 0.2) is 0 Å². The molecule has 1 heterocycles. The van der Waals surface area contributed by atoms with Crippen molar-refractivity contribution in [3.05, 3.63) is 35.4 Å². The molecule has 2 atom stereocenters. The van der Waals surface area contributed by atoms with Gasteiger partial charge in [0.1, 0.15) is 0 Å². The van der Waals surface area contributed by atoms with Crippen molar-refractivity contribution in [3.8, 4) is 0 Å². The number of nitrogens with two attached hydrogens (primary N) is 1. The maximum atomic E-state index is 12.6. The van der Waals surface area contributed by atoms with Gasteiger partial charge in [0.2, 0.25) is 5.91 Å². The first kappa shape index (κ1) is 16.0. The molecule has 3 heteroatoms. The summed E-state index contributed by atoms with van der Waals surface area (Å²) in [7, 11) is 0. The zero-order valence-electron chi connectivity index (χ0n) is 13.7. The van der Waals surface area contributed by atoms with Gasteiger partial charge in [0, 0.05) is 18.0 Å². The first-order chi connectivity index (χ1) is 9.84. The predicted molar refractivity (Wildman–Crippen MR) is 87.0 cm³/mol. The van der Waals surface area contributed by atoms with Crippen LogP contribution >= 0.6 is 0 Å². The summed E-state index contributed by atoms with van der Waals surface area (Å²) < 4.78 is 0. The number of hydrogen-bond donors (Lipinski definition) is 1. The third-order valence-corrected chi connectivity index (χ3v) is 4.33. The van der Waals surface area contributed by atoms with Crippen molar-refractivity contribution in [3.63, 3.8) is 0 Å². The summed E-state index contributed by atoms with van der Waals surface area (Å²) in [6.07, 6.45) is 3.42. The fourth-order valence-corrected chi connectivity index (χ4v) is 3.25. The molecule has 2 N–H and O–H groups in total. The Morgan fingerprint density at radius 1 is 1.24 bits per heavy atom. The topological polar surface area (TPSA) is 46.3 Å². The number of rotatable bonds is 2. The summed E-state index contributed by atoms with van der Waals surface area (Å²) in [6.45, 7) is 8.43. The van der Waals surface area contributed by atoms with Crippen LogP contribution in [-0.2, 0) is 11.2 Å². The molecule has 2 rings (SSSR count). The quantitative estimate of drug-likeness (QED) is 0.906. The average Bonchev–Trinajstić information content (AvgIpc) is 2.57. The van der Waals surface area contributed by atoms with Crippen LogP contribution in [0.1, 0.15) is 64.1 Å². The van der Waals surface area contributed by atoms with E-state index in [9.17, 15) is 4.79 Å². The number of hydrogen-bond acceptors (Lipinski definition) is 2. The molecular formula is C18H28N2O. The molecule has 1 fully saturated rings. The summed E-state index contributed by atoms with van der Waals surface area (Å²) in [5, 5.41) is 0. The number of carbonyl (C=O) groups excluding carboxylic acids is 1. The van der Waals surface area contributed by atoms with Gasteiger partial charge in [-0.3, -0.25) is 4.79 Å². The highest BCUT2D eigenvalue weighted by molar-refractivity contribution is 5.78. The van der Waals surface area contributed by atoms with Crippen LogP contribution in [0.3, 0.4) is 0 Å². The maximum absolute atomic E-state index is 12.6. The largest absolute Gasteiger partial charge is 0.329 e. The van der Waals surface area contributed by atoms with E-state index in [1.165, 1.54) is 5.56 Å². The number of likely N-dealkylation sites (tertiary alicyclic amines) is 1. The molecule has 21 heavy (non-hydrogen) atoms. The Balaban J connectivity index is 2.43. The summed E-state index contributed by atoms with van der Waals surface area (Å²) in [5.41, 5.74) is 8.69.